The monoisotopic (exact) mass is 602 g/mol. The molecule has 1 aliphatic heterocycles. The zero-order chi connectivity index (χ0) is 29.9. The minimum Gasteiger partial charge on any atom is -0.493 e. The van der Waals surface area contributed by atoms with E-state index in [-0.39, 0.29) is 29.6 Å². The summed E-state index contributed by atoms with van der Waals surface area (Å²) in [6, 6.07) is 17.4. The molecule has 0 radical (unpaired) electrons. The van der Waals surface area contributed by atoms with Gasteiger partial charge in [0.05, 0.1) is 44.6 Å². The molecule has 43 heavy (non-hydrogen) atoms. The number of hydrogen-bond donors (Lipinski definition) is 0. The Morgan fingerprint density at radius 2 is 1.79 bits per heavy atom. The predicted molar refractivity (Wildman–Crippen MR) is 162 cm³/mol. The van der Waals surface area contributed by atoms with Crippen molar-refractivity contribution in [3.05, 3.63) is 81.6 Å². The Kier molecular flexibility index (Phi) is 7.99. The number of benzene rings is 3. The van der Waals surface area contributed by atoms with Crippen molar-refractivity contribution in [3.8, 4) is 28.8 Å². The summed E-state index contributed by atoms with van der Waals surface area (Å²) in [6.07, 6.45) is 1.48. The maximum Gasteiger partial charge on any atom is 0.282 e. The lowest BCUT2D eigenvalue weighted by atomic mass is 10.2. The third-order valence-electron chi connectivity index (χ3n) is 6.96. The number of para-hydroxylation sites is 1. The van der Waals surface area contributed by atoms with Crippen LogP contribution in [0.15, 0.2) is 75.0 Å². The number of carbonyl (C=O) groups is 1. The van der Waals surface area contributed by atoms with E-state index in [2.05, 4.69) is 5.10 Å². The standard InChI is InChI=1S/C31H27ClN4O7/c1-39-25-13-19(14-26(40-2)29(25)42-18-28(37)35-9-11-41-12-10-35)17-33-36-30(34-23-6-4-3-5-22(23)31(36)38)27-16-20-15-21(32)7-8-24(20)43-27/h3-8,13-17H,9-12,18H2,1-2H3. The van der Waals surface area contributed by atoms with Gasteiger partial charge in [-0.1, -0.05) is 23.7 Å². The Morgan fingerprint density at radius 1 is 1.05 bits per heavy atom. The van der Waals surface area contributed by atoms with Crippen molar-refractivity contribution < 1.29 is 28.2 Å². The number of carbonyl (C=O) groups excluding carboxylic acids is 1. The Labute approximate surface area is 250 Å². The van der Waals surface area contributed by atoms with Gasteiger partial charge >= 0.3 is 0 Å². The van der Waals surface area contributed by atoms with E-state index in [9.17, 15) is 9.59 Å². The van der Waals surface area contributed by atoms with Gasteiger partial charge in [-0.15, -0.1) is 0 Å². The van der Waals surface area contributed by atoms with Gasteiger partial charge < -0.3 is 28.3 Å². The smallest absolute Gasteiger partial charge is 0.282 e. The van der Waals surface area contributed by atoms with Gasteiger partial charge in [0.25, 0.3) is 11.5 Å². The highest BCUT2D eigenvalue weighted by atomic mass is 35.5. The van der Waals surface area contributed by atoms with E-state index in [1.54, 1.807) is 65.6 Å². The van der Waals surface area contributed by atoms with Crippen LogP contribution in [0, 0.1) is 0 Å². The van der Waals surface area contributed by atoms with E-state index in [1.807, 2.05) is 0 Å². The number of hydrogen-bond acceptors (Lipinski definition) is 9. The van der Waals surface area contributed by atoms with Crippen LogP contribution in [0.25, 0.3) is 33.5 Å². The number of rotatable bonds is 8. The number of nitrogens with zero attached hydrogens (tertiary/aromatic N) is 4. The molecule has 11 nitrogen and oxygen atoms in total. The van der Waals surface area contributed by atoms with Crippen LogP contribution in [0.2, 0.25) is 5.02 Å². The van der Waals surface area contributed by atoms with Gasteiger partial charge in [0, 0.05) is 29.1 Å². The Morgan fingerprint density at radius 3 is 2.53 bits per heavy atom. The fraction of sp³-hybridized carbons (Fsp3) is 0.226. The molecular weight excluding hydrogens is 576 g/mol. The first kappa shape index (κ1) is 28.3. The largest absolute Gasteiger partial charge is 0.493 e. The quantitative estimate of drug-likeness (QED) is 0.237. The molecule has 3 aromatic carbocycles. The molecule has 2 aromatic heterocycles. The van der Waals surface area contributed by atoms with Crippen LogP contribution < -0.4 is 19.8 Å². The van der Waals surface area contributed by atoms with Crippen LogP contribution in [-0.2, 0) is 9.53 Å². The van der Waals surface area contributed by atoms with Crippen molar-refractivity contribution in [3.63, 3.8) is 0 Å². The molecule has 1 aliphatic rings. The maximum atomic E-state index is 13.6. The Hall–Kier alpha value is -4.87. The van der Waals surface area contributed by atoms with Gasteiger partial charge in [0.15, 0.2) is 23.9 Å². The number of fused-ring (bicyclic) bond motifs is 2. The van der Waals surface area contributed by atoms with Crippen molar-refractivity contribution >= 4 is 45.6 Å². The number of halogens is 1. The lowest BCUT2D eigenvalue weighted by molar-refractivity contribution is -0.137. The minimum atomic E-state index is -0.379. The summed E-state index contributed by atoms with van der Waals surface area (Å²) in [6.45, 7) is 1.82. The average Bonchev–Trinajstić information content (AvgIpc) is 3.46. The summed E-state index contributed by atoms with van der Waals surface area (Å²) in [5, 5.41) is 6.23. The van der Waals surface area contributed by atoms with Gasteiger partial charge in [-0.2, -0.15) is 9.78 Å². The molecule has 3 heterocycles. The van der Waals surface area contributed by atoms with Crippen molar-refractivity contribution in [2.75, 3.05) is 47.1 Å². The highest BCUT2D eigenvalue weighted by Crippen LogP contribution is 2.38. The fourth-order valence-electron chi connectivity index (χ4n) is 4.79. The zero-order valence-corrected chi connectivity index (χ0v) is 24.2. The van der Waals surface area contributed by atoms with Gasteiger partial charge in [-0.3, -0.25) is 9.59 Å². The van der Waals surface area contributed by atoms with Crippen LogP contribution in [0.5, 0.6) is 17.2 Å². The lowest BCUT2D eigenvalue weighted by Crippen LogP contribution is -2.43. The normalized spacial score (nSPS) is 13.6. The number of methoxy groups -OCH3 is 2. The van der Waals surface area contributed by atoms with Crippen LogP contribution in [0.1, 0.15) is 5.56 Å². The second-order valence-electron chi connectivity index (χ2n) is 9.64. The third kappa shape index (κ3) is 5.77. The number of ether oxygens (including phenoxy) is 4. The SMILES string of the molecule is COc1cc(C=Nn2c(-c3cc4cc(Cl)ccc4o3)nc3ccccc3c2=O)cc(OC)c1OCC(=O)N1CCOCC1. The minimum absolute atomic E-state index is 0.165. The first-order valence-electron chi connectivity index (χ1n) is 13.4. The van der Waals surface area contributed by atoms with Crippen molar-refractivity contribution in [2.45, 2.75) is 0 Å². The molecule has 1 fully saturated rings. The Balaban J connectivity index is 1.37. The van der Waals surface area contributed by atoms with E-state index >= 15 is 0 Å². The summed E-state index contributed by atoms with van der Waals surface area (Å²) in [7, 11) is 2.96. The molecule has 1 amide bonds. The number of aromatic nitrogens is 2. The molecule has 1 saturated heterocycles. The summed E-state index contributed by atoms with van der Waals surface area (Å²) < 4.78 is 29.5. The van der Waals surface area contributed by atoms with Crippen LogP contribution in [0.3, 0.4) is 0 Å². The lowest BCUT2D eigenvalue weighted by Gasteiger charge is -2.27. The summed E-state index contributed by atoms with van der Waals surface area (Å²) in [5.41, 5.74) is 1.26. The van der Waals surface area contributed by atoms with Crippen molar-refractivity contribution in [1.29, 1.82) is 0 Å². The number of furan rings is 1. The zero-order valence-electron chi connectivity index (χ0n) is 23.4. The van der Waals surface area contributed by atoms with Crippen LogP contribution in [-0.4, -0.2) is 73.8 Å². The average molecular weight is 603 g/mol. The van der Waals surface area contributed by atoms with Gasteiger partial charge in [-0.05, 0) is 48.5 Å². The van der Waals surface area contributed by atoms with Gasteiger partial charge in [-0.25, -0.2) is 4.98 Å². The van der Waals surface area contributed by atoms with Crippen LogP contribution in [0.4, 0.5) is 0 Å². The van der Waals surface area contributed by atoms with E-state index in [0.717, 1.165) is 5.39 Å². The fourth-order valence-corrected chi connectivity index (χ4v) is 4.97. The molecule has 220 valence electrons. The molecular formula is C31H27ClN4O7. The third-order valence-corrected chi connectivity index (χ3v) is 7.20. The summed E-state index contributed by atoms with van der Waals surface area (Å²) in [5.74, 6) is 1.33. The molecule has 0 saturated carbocycles. The first-order chi connectivity index (χ1) is 20.9. The van der Waals surface area contributed by atoms with Crippen molar-refractivity contribution in [1.82, 2.24) is 14.6 Å². The number of amides is 1. The van der Waals surface area contributed by atoms with Gasteiger partial charge in [0.1, 0.15) is 5.58 Å². The molecule has 0 aliphatic carbocycles. The van der Waals surface area contributed by atoms with Gasteiger partial charge in [0.2, 0.25) is 11.6 Å². The highest BCUT2D eigenvalue weighted by molar-refractivity contribution is 6.31. The molecule has 0 spiro atoms. The summed E-state index contributed by atoms with van der Waals surface area (Å²) in [4.78, 5) is 32.7. The maximum absolute atomic E-state index is 13.6. The summed E-state index contributed by atoms with van der Waals surface area (Å²) >= 11 is 6.17. The topological polar surface area (TPSA) is 118 Å². The second-order valence-corrected chi connectivity index (χ2v) is 10.1. The molecule has 6 rings (SSSR count). The molecule has 5 aromatic rings. The van der Waals surface area contributed by atoms with Crippen LogP contribution >= 0.6 is 11.6 Å². The highest BCUT2D eigenvalue weighted by Gasteiger charge is 2.21. The molecule has 0 N–H and O–H groups in total. The second kappa shape index (κ2) is 12.2. The predicted octanol–water partition coefficient (Wildman–Crippen LogP) is 4.60. The van der Waals surface area contributed by atoms with Crippen molar-refractivity contribution in [2.24, 2.45) is 5.10 Å². The van der Waals surface area contributed by atoms with E-state index in [4.69, 9.17) is 39.9 Å². The van der Waals surface area contributed by atoms with E-state index in [1.165, 1.54) is 25.1 Å². The molecule has 0 atom stereocenters. The Bertz CT molecular complexity index is 1890. The molecule has 12 heteroatoms. The van der Waals surface area contributed by atoms with E-state index in [0.29, 0.717) is 70.6 Å². The molecule has 0 bridgehead atoms. The first-order valence-corrected chi connectivity index (χ1v) is 13.8. The number of morpholine rings is 1. The molecule has 0 unspecified atom stereocenters. The van der Waals surface area contributed by atoms with E-state index < -0.39 is 0 Å².